The van der Waals surface area contributed by atoms with Crippen molar-refractivity contribution < 1.29 is 5.11 Å². The van der Waals surface area contributed by atoms with Gasteiger partial charge in [-0.2, -0.15) is 0 Å². The first-order chi connectivity index (χ1) is 4.70. The van der Waals surface area contributed by atoms with E-state index in [4.69, 9.17) is 0 Å². The lowest BCUT2D eigenvalue weighted by molar-refractivity contribution is 0.139. The van der Waals surface area contributed by atoms with E-state index in [-0.39, 0.29) is 6.10 Å². The Labute approximate surface area is 64.5 Å². The summed E-state index contributed by atoms with van der Waals surface area (Å²) in [6.45, 7) is 6.43. The number of hydrogen-bond acceptors (Lipinski definition) is 1. The summed E-state index contributed by atoms with van der Waals surface area (Å²) in [4.78, 5) is 0. The summed E-state index contributed by atoms with van der Waals surface area (Å²) >= 11 is 0. The van der Waals surface area contributed by atoms with E-state index >= 15 is 0 Å². The molecule has 0 saturated carbocycles. The Kier molecular flexibility index (Phi) is 5.70. The zero-order chi connectivity index (χ0) is 7.98. The molecule has 1 N–H and O–H groups in total. The predicted molar refractivity (Wildman–Crippen MR) is 45.0 cm³/mol. The summed E-state index contributed by atoms with van der Waals surface area (Å²) in [6, 6.07) is 0. The molecule has 0 heterocycles. The van der Waals surface area contributed by atoms with Crippen molar-refractivity contribution in [2.24, 2.45) is 5.92 Å². The number of aliphatic hydroxyl groups excluding tert-OH is 1. The minimum absolute atomic E-state index is 0.0680. The molecule has 0 aromatic heterocycles. The second-order valence-electron chi connectivity index (χ2n) is 3.19. The third-order valence-corrected chi connectivity index (χ3v) is 1.93. The minimum atomic E-state index is -0.0680. The van der Waals surface area contributed by atoms with E-state index in [2.05, 4.69) is 13.8 Å². The van der Waals surface area contributed by atoms with Crippen LogP contribution in [-0.2, 0) is 0 Å². The van der Waals surface area contributed by atoms with Crippen molar-refractivity contribution in [3.63, 3.8) is 0 Å². The van der Waals surface area contributed by atoms with Gasteiger partial charge < -0.3 is 5.11 Å². The lowest BCUT2D eigenvalue weighted by Gasteiger charge is -2.13. The molecular weight excluding hydrogens is 124 g/mol. The fraction of sp³-hybridized carbons (Fsp3) is 1.00. The molecule has 0 radical (unpaired) electrons. The van der Waals surface area contributed by atoms with Crippen molar-refractivity contribution in [3.05, 3.63) is 0 Å². The van der Waals surface area contributed by atoms with Crippen molar-refractivity contribution in [1.82, 2.24) is 0 Å². The van der Waals surface area contributed by atoms with Crippen molar-refractivity contribution in [2.75, 3.05) is 0 Å². The van der Waals surface area contributed by atoms with Gasteiger partial charge in [-0.3, -0.25) is 0 Å². The van der Waals surface area contributed by atoms with Gasteiger partial charge in [-0.15, -0.1) is 0 Å². The van der Waals surface area contributed by atoms with Gasteiger partial charge >= 0.3 is 0 Å². The van der Waals surface area contributed by atoms with Crippen LogP contribution < -0.4 is 0 Å². The Hall–Kier alpha value is -0.0400. The van der Waals surface area contributed by atoms with E-state index in [0.717, 1.165) is 12.8 Å². The first-order valence-electron chi connectivity index (χ1n) is 4.38. The Bertz CT molecular complexity index is 71.1. The van der Waals surface area contributed by atoms with Crippen molar-refractivity contribution >= 4 is 0 Å². The SMILES string of the molecule is CCCC(C)C[C@@H](O)CC. The average Bonchev–Trinajstić information content (AvgIpc) is 1.88. The maximum Gasteiger partial charge on any atom is 0.0540 e. The highest BCUT2D eigenvalue weighted by Crippen LogP contribution is 2.13. The van der Waals surface area contributed by atoms with Gasteiger partial charge in [0, 0.05) is 0 Å². The lowest BCUT2D eigenvalue weighted by atomic mass is 9.98. The lowest BCUT2D eigenvalue weighted by Crippen LogP contribution is -2.09. The molecule has 1 heteroatoms. The van der Waals surface area contributed by atoms with Gasteiger partial charge in [0.05, 0.1) is 6.10 Å². The van der Waals surface area contributed by atoms with Crippen LogP contribution in [0.5, 0.6) is 0 Å². The van der Waals surface area contributed by atoms with E-state index < -0.39 is 0 Å². The second kappa shape index (κ2) is 5.72. The van der Waals surface area contributed by atoms with Gasteiger partial charge in [0.1, 0.15) is 0 Å². The zero-order valence-electron chi connectivity index (χ0n) is 7.43. The molecular formula is C9H20O. The smallest absolute Gasteiger partial charge is 0.0540 e. The third-order valence-electron chi connectivity index (χ3n) is 1.93. The number of hydrogen-bond donors (Lipinski definition) is 1. The molecule has 0 aliphatic rings. The van der Waals surface area contributed by atoms with Crippen LogP contribution in [-0.4, -0.2) is 11.2 Å². The highest BCUT2D eigenvalue weighted by molar-refractivity contribution is 4.58. The summed E-state index contributed by atoms with van der Waals surface area (Å²) in [5, 5.41) is 9.25. The zero-order valence-corrected chi connectivity index (χ0v) is 7.43. The van der Waals surface area contributed by atoms with Crippen LogP contribution in [0, 0.1) is 5.92 Å². The second-order valence-corrected chi connectivity index (χ2v) is 3.19. The van der Waals surface area contributed by atoms with Gasteiger partial charge in [-0.25, -0.2) is 0 Å². The van der Waals surface area contributed by atoms with Crippen LogP contribution in [0.25, 0.3) is 0 Å². The Morgan fingerprint density at radius 3 is 2.30 bits per heavy atom. The standard InChI is InChI=1S/C9H20O/c1-4-6-8(3)7-9(10)5-2/h8-10H,4-7H2,1-3H3/t8?,9-/m0/s1. The molecule has 0 fully saturated rings. The summed E-state index contributed by atoms with van der Waals surface area (Å²) in [5.74, 6) is 0.694. The molecule has 0 saturated heterocycles. The van der Waals surface area contributed by atoms with Crippen molar-refractivity contribution in [2.45, 2.75) is 52.6 Å². The van der Waals surface area contributed by atoms with Crippen molar-refractivity contribution in [3.8, 4) is 0 Å². The van der Waals surface area contributed by atoms with Crippen LogP contribution in [0.1, 0.15) is 46.5 Å². The quantitative estimate of drug-likeness (QED) is 0.628. The molecule has 0 amide bonds. The molecule has 2 atom stereocenters. The Morgan fingerprint density at radius 2 is 1.90 bits per heavy atom. The topological polar surface area (TPSA) is 20.2 Å². The van der Waals surface area contributed by atoms with Gasteiger partial charge in [-0.1, -0.05) is 33.6 Å². The van der Waals surface area contributed by atoms with Gasteiger partial charge in [0.15, 0.2) is 0 Å². The molecule has 0 aromatic carbocycles. The summed E-state index contributed by atoms with van der Waals surface area (Å²) < 4.78 is 0. The summed E-state index contributed by atoms with van der Waals surface area (Å²) in [7, 11) is 0. The van der Waals surface area contributed by atoms with Crippen LogP contribution in [0.4, 0.5) is 0 Å². The van der Waals surface area contributed by atoms with E-state index in [1.165, 1.54) is 12.8 Å². The average molecular weight is 144 g/mol. The maximum atomic E-state index is 9.25. The normalized spacial score (nSPS) is 16.8. The molecule has 0 aromatic rings. The third kappa shape index (κ3) is 4.80. The van der Waals surface area contributed by atoms with Gasteiger partial charge in [-0.05, 0) is 18.8 Å². The van der Waals surface area contributed by atoms with Crippen LogP contribution in [0.3, 0.4) is 0 Å². The van der Waals surface area contributed by atoms with Gasteiger partial charge in [0.25, 0.3) is 0 Å². The highest BCUT2D eigenvalue weighted by Gasteiger charge is 2.06. The van der Waals surface area contributed by atoms with Crippen LogP contribution in [0.2, 0.25) is 0 Å². The van der Waals surface area contributed by atoms with Crippen LogP contribution in [0.15, 0.2) is 0 Å². The maximum absolute atomic E-state index is 9.25. The first kappa shape index (κ1) is 9.96. The Morgan fingerprint density at radius 1 is 1.30 bits per heavy atom. The van der Waals surface area contributed by atoms with E-state index in [1.807, 2.05) is 6.92 Å². The highest BCUT2D eigenvalue weighted by atomic mass is 16.3. The molecule has 0 aliphatic carbocycles. The molecule has 1 nitrogen and oxygen atoms in total. The summed E-state index contributed by atoms with van der Waals surface area (Å²) in [6.07, 6.45) is 4.29. The number of aliphatic hydroxyl groups is 1. The summed E-state index contributed by atoms with van der Waals surface area (Å²) in [5.41, 5.74) is 0. The molecule has 0 bridgehead atoms. The molecule has 10 heavy (non-hydrogen) atoms. The van der Waals surface area contributed by atoms with Crippen molar-refractivity contribution in [1.29, 1.82) is 0 Å². The van der Waals surface area contributed by atoms with E-state index in [9.17, 15) is 5.11 Å². The van der Waals surface area contributed by atoms with Gasteiger partial charge in [0.2, 0.25) is 0 Å². The molecule has 62 valence electrons. The minimum Gasteiger partial charge on any atom is -0.393 e. The molecule has 1 unspecified atom stereocenters. The first-order valence-corrected chi connectivity index (χ1v) is 4.38. The molecule has 0 rings (SSSR count). The fourth-order valence-corrected chi connectivity index (χ4v) is 1.24. The molecule has 0 aliphatic heterocycles. The van der Waals surface area contributed by atoms with E-state index in [0.29, 0.717) is 5.92 Å². The predicted octanol–water partition coefficient (Wildman–Crippen LogP) is 2.58. The Balaban J connectivity index is 3.27. The molecule has 0 spiro atoms. The monoisotopic (exact) mass is 144 g/mol. The van der Waals surface area contributed by atoms with E-state index in [1.54, 1.807) is 0 Å². The van der Waals surface area contributed by atoms with Crippen LogP contribution >= 0.6 is 0 Å². The largest absolute Gasteiger partial charge is 0.393 e. The fourth-order valence-electron chi connectivity index (χ4n) is 1.24. The number of rotatable bonds is 5.